The molecule has 0 saturated carbocycles. The number of thiazole rings is 1. The highest BCUT2D eigenvalue weighted by Crippen LogP contribution is 2.46. The van der Waals surface area contributed by atoms with E-state index in [1.807, 2.05) is 32.0 Å². The van der Waals surface area contributed by atoms with Crippen LogP contribution in [0.5, 0.6) is 17.2 Å². The zero-order chi connectivity index (χ0) is 29.8. The zero-order valence-electron chi connectivity index (χ0n) is 24.2. The number of aliphatic hydroxyl groups excluding tert-OH is 1. The van der Waals surface area contributed by atoms with Gasteiger partial charge in [-0.15, -0.1) is 0 Å². The number of aromatic nitrogens is 1. The first-order valence-corrected chi connectivity index (χ1v) is 14.9. The predicted octanol–water partition coefficient (Wildman–Crippen LogP) is 7.21. The van der Waals surface area contributed by atoms with Gasteiger partial charge in [0.1, 0.15) is 11.5 Å². The van der Waals surface area contributed by atoms with Gasteiger partial charge >= 0.3 is 5.91 Å². The summed E-state index contributed by atoms with van der Waals surface area (Å²) < 4.78 is 18.0. The van der Waals surface area contributed by atoms with Crippen molar-refractivity contribution in [1.29, 1.82) is 0 Å². The van der Waals surface area contributed by atoms with Crippen LogP contribution >= 0.6 is 11.3 Å². The standard InChI is InChI=1S/C33H34N2O6S/c1-5-7-8-17-41-25-16-12-22(19-26(25)39-4)29-28(30(36)21-10-13-23(14-11-21)40-6-2)31(37)32(38)35(29)33-34-24-15-9-20(3)18-27(24)42-33/h9-16,18-19,29,36H,5-8,17H2,1-4H3/b30-28+. The number of amides is 1. The molecule has 0 spiro atoms. The number of aliphatic hydroxyl groups is 1. The number of ketones is 1. The summed E-state index contributed by atoms with van der Waals surface area (Å²) in [5.41, 5.74) is 2.73. The summed E-state index contributed by atoms with van der Waals surface area (Å²) >= 11 is 1.32. The van der Waals surface area contributed by atoms with Gasteiger partial charge in [-0.2, -0.15) is 0 Å². The molecule has 9 heteroatoms. The average molecular weight is 587 g/mol. The molecule has 1 aliphatic rings. The second-order valence-electron chi connectivity index (χ2n) is 10.1. The largest absolute Gasteiger partial charge is 0.507 e. The van der Waals surface area contributed by atoms with Crippen LogP contribution in [-0.2, 0) is 9.59 Å². The second-order valence-corrected chi connectivity index (χ2v) is 11.1. The van der Waals surface area contributed by atoms with Crippen LogP contribution in [-0.4, -0.2) is 42.1 Å². The Hall–Kier alpha value is -4.37. The molecule has 1 fully saturated rings. The molecule has 218 valence electrons. The van der Waals surface area contributed by atoms with Crippen LogP contribution in [0.2, 0.25) is 0 Å². The first-order valence-electron chi connectivity index (χ1n) is 14.1. The number of Topliss-reactive ketones (excluding diaryl/α,β-unsaturated/α-hetero) is 1. The van der Waals surface area contributed by atoms with Gasteiger partial charge in [0.2, 0.25) is 0 Å². The number of benzene rings is 3. The van der Waals surface area contributed by atoms with Crippen LogP contribution in [0, 0.1) is 6.92 Å². The molecule has 1 atom stereocenters. The van der Waals surface area contributed by atoms with Gasteiger partial charge in [0, 0.05) is 5.56 Å². The fourth-order valence-corrected chi connectivity index (χ4v) is 6.10. The summed E-state index contributed by atoms with van der Waals surface area (Å²) in [6, 6.07) is 17.0. The molecule has 1 aliphatic heterocycles. The van der Waals surface area contributed by atoms with Crippen LogP contribution in [0.3, 0.4) is 0 Å². The molecule has 0 aliphatic carbocycles. The SMILES string of the molecule is CCCCCOc1ccc(C2/C(=C(\O)c3ccc(OCC)cc3)C(=O)C(=O)N2c2nc3ccc(C)cc3s2)cc1OC. The maximum Gasteiger partial charge on any atom is 0.301 e. The van der Waals surface area contributed by atoms with Crippen LogP contribution in [0.4, 0.5) is 5.13 Å². The lowest BCUT2D eigenvalue weighted by atomic mass is 9.95. The van der Waals surface area contributed by atoms with E-state index in [9.17, 15) is 14.7 Å². The van der Waals surface area contributed by atoms with Gasteiger partial charge in [-0.1, -0.05) is 43.2 Å². The molecular formula is C33H34N2O6S. The van der Waals surface area contributed by atoms with Crippen LogP contribution in [0.15, 0.2) is 66.2 Å². The highest BCUT2D eigenvalue weighted by atomic mass is 32.1. The normalized spacial score (nSPS) is 16.3. The van der Waals surface area contributed by atoms with E-state index in [0.29, 0.717) is 46.7 Å². The number of aryl methyl sites for hydroxylation is 1. The number of rotatable bonds is 11. The Morgan fingerprint density at radius 3 is 2.48 bits per heavy atom. The molecule has 3 aromatic carbocycles. The van der Waals surface area contributed by atoms with E-state index in [0.717, 1.165) is 35.0 Å². The topological polar surface area (TPSA) is 98.2 Å². The van der Waals surface area contributed by atoms with Gasteiger partial charge in [0.25, 0.3) is 5.78 Å². The number of fused-ring (bicyclic) bond motifs is 1. The number of hydrogen-bond acceptors (Lipinski definition) is 8. The van der Waals surface area contributed by atoms with Crippen LogP contribution in [0.1, 0.15) is 55.8 Å². The molecule has 1 saturated heterocycles. The van der Waals surface area contributed by atoms with Crippen molar-refractivity contribution in [2.75, 3.05) is 25.2 Å². The summed E-state index contributed by atoms with van der Waals surface area (Å²) in [4.78, 5) is 33.4. The van der Waals surface area contributed by atoms with Crippen molar-refractivity contribution < 1.29 is 28.9 Å². The van der Waals surface area contributed by atoms with Crippen molar-refractivity contribution in [2.45, 2.75) is 46.1 Å². The number of carbonyl (C=O) groups is 2. The lowest BCUT2D eigenvalue weighted by Crippen LogP contribution is -2.29. The Labute approximate surface area is 249 Å². The quantitative estimate of drug-likeness (QED) is 0.0858. The summed E-state index contributed by atoms with van der Waals surface area (Å²) in [6.45, 7) is 7.05. The maximum atomic E-state index is 13.7. The molecule has 0 bridgehead atoms. The van der Waals surface area contributed by atoms with E-state index in [4.69, 9.17) is 19.2 Å². The van der Waals surface area contributed by atoms with Crippen molar-refractivity contribution in [1.82, 2.24) is 4.98 Å². The van der Waals surface area contributed by atoms with E-state index >= 15 is 0 Å². The lowest BCUT2D eigenvalue weighted by molar-refractivity contribution is -0.132. The highest BCUT2D eigenvalue weighted by molar-refractivity contribution is 7.22. The van der Waals surface area contributed by atoms with Gasteiger partial charge < -0.3 is 19.3 Å². The van der Waals surface area contributed by atoms with Crippen molar-refractivity contribution in [3.05, 3.63) is 82.9 Å². The molecule has 8 nitrogen and oxygen atoms in total. The molecule has 5 rings (SSSR count). The third-order valence-corrected chi connectivity index (χ3v) is 8.15. The van der Waals surface area contributed by atoms with Crippen molar-refractivity contribution >= 4 is 44.1 Å². The minimum atomic E-state index is -0.943. The van der Waals surface area contributed by atoms with Gasteiger partial charge in [0.15, 0.2) is 16.6 Å². The van der Waals surface area contributed by atoms with Gasteiger partial charge in [0.05, 0.1) is 42.2 Å². The zero-order valence-corrected chi connectivity index (χ0v) is 25.0. The number of nitrogens with zero attached hydrogens (tertiary/aromatic N) is 2. The molecule has 4 aromatic rings. The third kappa shape index (κ3) is 5.69. The Morgan fingerprint density at radius 2 is 1.76 bits per heavy atom. The highest BCUT2D eigenvalue weighted by Gasteiger charge is 2.48. The third-order valence-electron chi connectivity index (χ3n) is 7.13. The van der Waals surface area contributed by atoms with Gasteiger partial charge in [-0.3, -0.25) is 14.5 Å². The number of unbranched alkanes of at least 4 members (excludes halogenated alkanes) is 2. The molecule has 1 amide bonds. The van der Waals surface area contributed by atoms with Crippen molar-refractivity contribution in [3.63, 3.8) is 0 Å². The number of methoxy groups -OCH3 is 1. The molecular weight excluding hydrogens is 552 g/mol. The molecule has 42 heavy (non-hydrogen) atoms. The van der Waals surface area contributed by atoms with E-state index in [1.165, 1.54) is 16.2 Å². The Morgan fingerprint density at radius 1 is 0.976 bits per heavy atom. The Balaban J connectivity index is 1.63. The smallest absolute Gasteiger partial charge is 0.301 e. The molecule has 1 unspecified atom stereocenters. The summed E-state index contributed by atoms with van der Waals surface area (Å²) in [5, 5.41) is 11.9. The van der Waals surface area contributed by atoms with Crippen LogP contribution in [0.25, 0.3) is 16.0 Å². The summed E-state index contributed by atoms with van der Waals surface area (Å²) in [6.07, 6.45) is 3.06. The first kappa shape index (κ1) is 29.1. The van der Waals surface area contributed by atoms with Gasteiger partial charge in [-0.05, 0) is 79.9 Å². The van der Waals surface area contributed by atoms with E-state index < -0.39 is 17.7 Å². The average Bonchev–Trinajstić information content (AvgIpc) is 3.52. The predicted molar refractivity (Wildman–Crippen MR) is 165 cm³/mol. The number of ether oxygens (including phenoxy) is 3. The minimum Gasteiger partial charge on any atom is -0.507 e. The maximum absolute atomic E-state index is 13.7. The Kier molecular flexibility index (Phi) is 8.77. The lowest BCUT2D eigenvalue weighted by Gasteiger charge is -2.24. The fourth-order valence-electron chi connectivity index (χ4n) is 5.01. The number of carbonyl (C=O) groups excluding carboxylic acids is 2. The minimum absolute atomic E-state index is 0.0294. The van der Waals surface area contributed by atoms with E-state index in [-0.39, 0.29) is 11.3 Å². The molecule has 0 radical (unpaired) electrons. The molecule has 1 N–H and O–H groups in total. The van der Waals surface area contributed by atoms with E-state index in [2.05, 4.69) is 6.92 Å². The molecule has 2 heterocycles. The van der Waals surface area contributed by atoms with Crippen molar-refractivity contribution in [3.8, 4) is 17.2 Å². The Bertz CT molecular complexity index is 1640. The van der Waals surface area contributed by atoms with Crippen LogP contribution < -0.4 is 19.1 Å². The van der Waals surface area contributed by atoms with E-state index in [1.54, 1.807) is 49.6 Å². The van der Waals surface area contributed by atoms with Gasteiger partial charge in [-0.25, -0.2) is 4.98 Å². The molecule has 1 aromatic heterocycles. The number of hydrogen-bond donors (Lipinski definition) is 1. The summed E-state index contributed by atoms with van der Waals surface area (Å²) in [5.74, 6) is -0.163. The van der Waals surface area contributed by atoms with Crippen molar-refractivity contribution in [2.24, 2.45) is 0 Å². The fraction of sp³-hybridized carbons (Fsp3) is 0.303. The number of anilines is 1. The summed E-state index contributed by atoms with van der Waals surface area (Å²) in [7, 11) is 1.55. The first-order chi connectivity index (χ1) is 20.4. The monoisotopic (exact) mass is 586 g/mol. The second kappa shape index (κ2) is 12.7.